The van der Waals surface area contributed by atoms with E-state index in [0.717, 1.165) is 23.8 Å². The van der Waals surface area contributed by atoms with Crippen LogP contribution in [0.2, 0.25) is 5.02 Å². The zero-order chi connectivity index (χ0) is 25.1. The minimum absolute atomic E-state index is 0.00168. The average Bonchev–Trinajstić information content (AvgIpc) is 3.43. The van der Waals surface area contributed by atoms with Crippen LogP contribution in [0.4, 0.5) is 0 Å². The molecular weight excluding hydrogens is 540 g/mol. The number of aromatic amines is 1. The van der Waals surface area contributed by atoms with E-state index in [2.05, 4.69) is 43.0 Å². The van der Waals surface area contributed by atoms with Gasteiger partial charge in [0.1, 0.15) is 11.6 Å². The Kier molecular flexibility index (Phi) is 7.51. The number of rotatable bonds is 9. The van der Waals surface area contributed by atoms with Crippen LogP contribution in [0.15, 0.2) is 32.3 Å². The summed E-state index contributed by atoms with van der Waals surface area (Å²) in [6.07, 6.45) is 3.89. The summed E-state index contributed by atoms with van der Waals surface area (Å²) in [5.74, 6) is 0.696. The first-order chi connectivity index (χ1) is 16.8. The molecule has 0 spiro atoms. The number of hydrogen-bond donors (Lipinski definition) is 4. The highest BCUT2D eigenvalue weighted by molar-refractivity contribution is 9.10. The summed E-state index contributed by atoms with van der Waals surface area (Å²) in [6, 6.07) is 4.48. The molecule has 0 aliphatic heterocycles. The van der Waals surface area contributed by atoms with Gasteiger partial charge in [-0.1, -0.05) is 36.5 Å². The minimum atomic E-state index is -0.484. The van der Waals surface area contributed by atoms with Crippen molar-refractivity contribution in [1.29, 1.82) is 10.8 Å². The highest BCUT2D eigenvalue weighted by Gasteiger charge is 2.18. The SMILES string of the molecule is CCCCCn1c(=N)n(C(=N)CCCc2nc(-c3ccc(O)cc3Cl)no2)c(=O)c2[nH]c(Br)nc21. The highest BCUT2D eigenvalue weighted by Crippen LogP contribution is 2.29. The molecule has 0 radical (unpaired) electrons. The molecule has 3 heterocycles. The van der Waals surface area contributed by atoms with Gasteiger partial charge in [0.05, 0.1) is 5.02 Å². The first kappa shape index (κ1) is 24.9. The van der Waals surface area contributed by atoms with Gasteiger partial charge in [0.25, 0.3) is 5.56 Å². The first-order valence-electron chi connectivity index (χ1n) is 11.1. The molecule has 0 saturated carbocycles. The standard InChI is InChI=1S/C22H24BrClN8O3/c1-2-3-4-10-31-19-17(28-21(23)29-19)20(34)32(22(31)26)15(25)6-5-7-16-27-18(30-35-16)13-9-8-12(33)11-14(13)24/h8-9,11,25-26,33H,2-7,10H2,1H3,(H,28,29). The van der Waals surface area contributed by atoms with E-state index in [-0.39, 0.29) is 29.1 Å². The Morgan fingerprint density at radius 2 is 2.09 bits per heavy atom. The third kappa shape index (κ3) is 5.22. The average molecular weight is 564 g/mol. The first-order valence-corrected chi connectivity index (χ1v) is 12.3. The normalized spacial score (nSPS) is 11.4. The van der Waals surface area contributed by atoms with E-state index in [4.69, 9.17) is 26.9 Å². The number of fused-ring (bicyclic) bond motifs is 1. The molecule has 0 fully saturated rings. The van der Waals surface area contributed by atoms with E-state index < -0.39 is 5.56 Å². The van der Waals surface area contributed by atoms with Crippen molar-refractivity contribution in [2.75, 3.05) is 0 Å². The lowest BCUT2D eigenvalue weighted by atomic mass is 10.2. The maximum absolute atomic E-state index is 13.1. The van der Waals surface area contributed by atoms with Gasteiger partial charge >= 0.3 is 0 Å². The molecular formula is C22H24BrClN8O3. The van der Waals surface area contributed by atoms with Crippen LogP contribution in [0, 0.1) is 10.8 Å². The number of nitrogens with one attached hydrogen (secondary N) is 3. The van der Waals surface area contributed by atoms with Crippen molar-refractivity contribution in [3.63, 3.8) is 0 Å². The van der Waals surface area contributed by atoms with Crippen LogP contribution < -0.4 is 11.2 Å². The number of benzene rings is 1. The molecule has 0 bridgehead atoms. The van der Waals surface area contributed by atoms with Crippen molar-refractivity contribution >= 4 is 44.5 Å². The van der Waals surface area contributed by atoms with E-state index in [1.807, 2.05) is 0 Å². The van der Waals surface area contributed by atoms with Crippen LogP contribution in [0.25, 0.3) is 22.6 Å². The van der Waals surface area contributed by atoms with E-state index >= 15 is 0 Å². The Balaban J connectivity index is 1.51. The lowest BCUT2D eigenvalue weighted by molar-refractivity contribution is 0.376. The van der Waals surface area contributed by atoms with Crippen molar-refractivity contribution < 1.29 is 9.63 Å². The summed E-state index contributed by atoms with van der Waals surface area (Å²) in [7, 11) is 0. The largest absolute Gasteiger partial charge is 0.508 e. The van der Waals surface area contributed by atoms with Crippen LogP contribution in [0.3, 0.4) is 0 Å². The van der Waals surface area contributed by atoms with Gasteiger partial charge in [-0.3, -0.25) is 20.2 Å². The van der Waals surface area contributed by atoms with E-state index in [9.17, 15) is 9.90 Å². The molecule has 1 aromatic carbocycles. The molecule has 0 aliphatic carbocycles. The van der Waals surface area contributed by atoms with Crippen molar-refractivity contribution in [3.05, 3.63) is 49.8 Å². The molecule has 0 saturated heterocycles. The summed E-state index contributed by atoms with van der Waals surface area (Å²) in [6.45, 7) is 2.62. The van der Waals surface area contributed by atoms with Gasteiger partial charge in [-0.05, 0) is 47.0 Å². The Morgan fingerprint density at radius 3 is 2.83 bits per heavy atom. The number of aromatic hydroxyl groups is 1. The number of H-pyrrole nitrogens is 1. The molecule has 4 rings (SSSR count). The molecule has 11 nitrogen and oxygen atoms in total. The molecule has 3 aromatic heterocycles. The van der Waals surface area contributed by atoms with Crippen LogP contribution in [-0.2, 0) is 13.0 Å². The monoisotopic (exact) mass is 562 g/mol. The number of phenols is 1. The van der Waals surface area contributed by atoms with Crippen LogP contribution in [0.1, 0.15) is 44.9 Å². The van der Waals surface area contributed by atoms with Gasteiger partial charge < -0.3 is 14.6 Å². The second kappa shape index (κ2) is 10.6. The van der Waals surface area contributed by atoms with Gasteiger partial charge in [-0.25, -0.2) is 9.55 Å². The zero-order valence-corrected chi connectivity index (χ0v) is 21.3. The number of halogens is 2. The summed E-state index contributed by atoms with van der Waals surface area (Å²) in [5.41, 5.74) is 0.621. The summed E-state index contributed by atoms with van der Waals surface area (Å²) in [5, 5.41) is 30.9. The third-order valence-corrected chi connectivity index (χ3v) is 6.21. The molecule has 0 unspecified atom stereocenters. The second-order valence-electron chi connectivity index (χ2n) is 8.03. The van der Waals surface area contributed by atoms with Gasteiger partial charge in [0, 0.05) is 24.9 Å². The predicted octanol–water partition coefficient (Wildman–Crippen LogP) is 4.22. The maximum Gasteiger partial charge on any atom is 0.286 e. The van der Waals surface area contributed by atoms with Crippen molar-refractivity contribution in [2.24, 2.45) is 0 Å². The number of aromatic nitrogens is 6. The lowest BCUT2D eigenvalue weighted by Crippen LogP contribution is -2.44. The third-order valence-electron chi connectivity index (χ3n) is 5.52. The van der Waals surface area contributed by atoms with Gasteiger partial charge in [0.2, 0.25) is 17.3 Å². The zero-order valence-electron chi connectivity index (χ0n) is 18.9. The number of hydrogen-bond acceptors (Lipinski definition) is 8. The van der Waals surface area contributed by atoms with Gasteiger partial charge in [-0.15, -0.1) is 0 Å². The molecule has 13 heteroatoms. The smallest absolute Gasteiger partial charge is 0.286 e. The summed E-state index contributed by atoms with van der Waals surface area (Å²) < 4.78 is 8.46. The van der Waals surface area contributed by atoms with Crippen molar-refractivity contribution in [1.82, 2.24) is 29.2 Å². The van der Waals surface area contributed by atoms with Crippen LogP contribution in [0.5, 0.6) is 5.75 Å². The molecule has 184 valence electrons. The molecule has 0 aliphatic rings. The van der Waals surface area contributed by atoms with Crippen molar-refractivity contribution in [2.45, 2.75) is 52.0 Å². The highest BCUT2D eigenvalue weighted by atomic mass is 79.9. The predicted molar refractivity (Wildman–Crippen MR) is 134 cm³/mol. The summed E-state index contributed by atoms with van der Waals surface area (Å²) >= 11 is 9.41. The van der Waals surface area contributed by atoms with E-state index in [1.54, 1.807) is 10.6 Å². The Labute approximate surface area is 212 Å². The molecule has 4 aromatic rings. The Morgan fingerprint density at radius 1 is 1.29 bits per heavy atom. The number of unbranched alkanes of at least 4 members (excludes halogenated alkanes) is 2. The fourth-order valence-corrected chi connectivity index (χ4v) is 4.39. The molecule has 4 N–H and O–H groups in total. The van der Waals surface area contributed by atoms with Gasteiger partial charge in [-0.2, -0.15) is 4.98 Å². The topological polar surface area (TPSA) is 162 Å². The van der Waals surface area contributed by atoms with Crippen LogP contribution >= 0.6 is 27.5 Å². The Bertz CT molecular complexity index is 1500. The fourth-order valence-electron chi connectivity index (χ4n) is 3.76. The number of aryl methyl sites for hydroxylation is 2. The number of nitrogens with zero attached hydrogens (tertiary/aromatic N) is 5. The lowest BCUT2D eigenvalue weighted by Gasteiger charge is -2.13. The molecule has 35 heavy (non-hydrogen) atoms. The quantitative estimate of drug-likeness (QED) is 0.103. The van der Waals surface area contributed by atoms with Crippen LogP contribution in [-0.4, -0.2) is 40.2 Å². The van der Waals surface area contributed by atoms with E-state index in [1.165, 1.54) is 12.1 Å². The Hall–Kier alpha value is -3.25. The fraction of sp³-hybridized carbons (Fsp3) is 0.364. The number of imidazole rings is 1. The number of phenolic OH excluding ortho intramolecular Hbond substituents is 1. The van der Waals surface area contributed by atoms with Gasteiger partial charge in [0.15, 0.2) is 15.9 Å². The minimum Gasteiger partial charge on any atom is -0.508 e. The van der Waals surface area contributed by atoms with Crippen molar-refractivity contribution in [3.8, 4) is 17.1 Å². The second-order valence-corrected chi connectivity index (χ2v) is 9.18. The summed E-state index contributed by atoms with van der Waals surface area (Å²) in [4.78, 5) is 24.6. The maximum atomic E-state index is 13.1. The molecule has 0 atom stereocenters. The van der Waals surface area contributed by atoms with E-state index in [0.29, 0.717) is 52.1 Å². The molecule has 0 amide bonds.